The van der Waals surface area contributed by atoms with Crippen LogP contribution in [0, 0.1) is 10.1 Å². The van der Waals surface area contributed by atoms with Crippen LogP contribution in [-0.2, 0) is 6.42 Å². The van der Waals surface area contributed by atoms with E-state index < -0.39 is 10.9 Å². The number of rotatable bonds is 3. The average Bonchev–Trinajstić information content (AvgIpc) is 2.71. The van der Waals surface area contributed by atoms with Crippen LogP contribution in [0.15, 0.2) is 6.07 Å². The number of nitrogens with zero attached hydrogens (tertiary/aromatic N) is 1. The number of carboxylic acids is 1. The van der Waals surface area contributed by atoms with Crippen LogP contribution in [0.1, 0.15) is 22.3 Å². The van der Waals surface area contributed by atoms with Gasteiger partial charge in [0.05, 0.1) is 10.4 Å². The highest BCUT2D eigenvalue weighted by atomic mass is 32.1. The number of nitrogens with one attached hydrogen (secondary N) is 1. The molecule has 2 heterocycles. The summed E-state index contributed by atoms with van der Waals surface area (Å²) in [5.74, 6) is -1.31. The summed E-state index contributed by atoms with van der Waals surface area (Å²) in [6.07, 6.45) is 0.771. The molecular formula is C9H8N2O4S. The minimum absolute atomic E-state index is 0.341. The standard InChI is InChI=1S/C9H8N2O4S/c1-2-4-3-5-8(16-4)7(11(14)15)6(10-5)9(12)13/h3,10H,2H2,1H3,(H,12,13). The van der Waals surface area contributed by atoms with Gasteiger partial charge in [0.25, 0.3) is 0 Å². The Bertz CT molecular complexity index is 584. The van der Waals surface area contributed by atoms with Crippen LogP contribution in [0.25, 0.3) is 10.2 Å². The summed E-state index contributed by atoms with van der Waals surface area (Å²) in [6.45, 7) is 1.94. The number of hydrogen-bond acceptors (Lipinski definition) is 4. The van der Waals surface area contributed by atoms with Crippen molar-refractivity contribution in [2.75, 3.05) is 0 Å². The predicted molar refractivity (Wildman–Crippen MR) is 59.2 cm³/mol. The number of aromatic nitrogens is 1. The smallest absolute Gasteiger partial charge is 0.359 e. The highest BCUT2D eigenvalue weighted by Crippen LogP contribution is 2.36. The van der Waals surface area contributed by atoms with Gasteiger partial charge >= 0.3 is 11.7 Å². The Labute approximate surface area is 93.7 Å². The van der Waals surface area contributed by atoms with Crippen LogP contribution in [-0.4, -0.2) is 21.0 Å². The molecule has 84 valence electrons. The lowest BCUT2D eigenvalue weighted by Crippen LogP contribution is -2.01. The van der Waals surface area contributed by atoms with Gasteiger partial charge in [0.15, 0.2) is 0 Å². The van der Waals surface area contributed by atoms with Gasteiger partial charge in [-0.15, -0.1) is 11.3 Å². The molecule has 16 heavy (non-hydrogen) atoms. The van der Waals surface area contributed by atoms with E-state index in [-0.39, 0.29) is 11.4 Å². The van der Waals surface area contributed by atoms with Gasteiger partial charge in [-0.3, -0.25) is 10.1 Å². The van der Waals surface area contributed by atoms with E-state index in [1.165, 1.54) is 11.3 Å². The second-order valence-electron chi connectivity index (χ2n) is 3.22. The Balaban J connectivity index is 2.75. The van der Waals surface area contributed by atoms with Crippen LogP contribution in [0.5, 0.6) is 0 Å². The quantitative estimate of drug-likeness (QED) is 0.635. The summed E-state index contributed by atoms with van der Waals surface area (Å²) in [6, 6.07) is 1.75. The molecule has 0 aromatic carbocycles. The zero-order valence-electron chi connectivity index (χ0n) is 8.31. The second-order valence-corrected chi connectivity index (χ2v) is 4.36. The third kappa shape index (κ3) is 1.45. The molecule has 0 amide bonds. The molecule has 0 aliphatic rings. The summed E-state index contributed by atoms with van der Waals surface area (Å²) in [7, 11) is 0. The molecular weight excluding hydrogens is 232 g/mol. The second kappa shape index (κ2) is 3.60. The molecule has 0 aliphatic carbocycles. The van der Waals surface area contributed by atoms with E-state index in [4.69, 9.17) is 5.11 Å². The number of aromatic amines is 1. The number of H-pyrrole nitrogens is 1. The number of thiophene rings is 1. The molecule has 2 aromatic heterocycles. The fraction of sp³-hybridized carbons (Fsp3) is 0.222. The Kier molecular flexibility index (Phi) is 2.39. The number of carboxylic acid groups (broad SMARTS) is 1. The number of aryl methyl sites for hydroxylation is 1. The van der Waals surface area contributed by atoms with Gasteiger partial charge in [0.1, 0.15) is 4.70 Å². The molecule has 0 saturated heterocycles. The van der Waals surface area contributed by atoms with Crippen molar-refractivity contribution in [1.82, 2.24) is 4.98 Å². The third-order valence-corrected chi connectivity index (χ3v) is 3.53. The lowest BCUT2D eigenvalue weighted by Gasteiger charge is -1.90. The topological polar surface area (TPSA) is 96.2 Å². The van der Waals surface area contributed by atoms with Crippen molar-refractivity contribution in [2.24, 2.45) is 0 Å². The first-order valence-corrected chi connectivity index (χ1v) is 5.38. The number of hydrogen-bond donors (Lipinski definition) is 2. The molecule has 0 radical (unpaired) electrons. The normalized spacial score (nSPS) is 10.8. The maximum atomic E-state index is 10.8. The largest absolute Gasteiger partial charge is 0.476 e. The zero-order valence-corrected chi connectivity index (χ0v) is 9.13. The highest BCUT2D eigenvalue weighted by molar-refractivity contribution is 7.19. The van der Waals surface area contributed by atoms with Gasteiger partial charge in [-0.25, -0.2) is 4.79 Å². The number of aromatic carboxylic acids is 1. The molecule has 0 saturated carbocycles. The Hall–Kier alpha value is -1.89. The first-order chi connectivity index (χ1) is 7.54. The highest BCUT2D eigenvalue weighted by Gasteiger charge is 2.28. The molecule has 0 bridgehead atoms. The van der Waals surface area contributed by atoms with Crippen molar-refractivity contribution < 1.29 is 14.8 Å². The van der Waals surface area contributed by atoms with Crippen molar-refractivity contribution in [3.05, 3.63) is 26.8 Å². The molecule has 2 aromatic rings. The molecule has 0 fully saturated rings. The molecule has 7 heteroatoms. The van der Waals surface area contributed by atoms with Crippen molar-refractivity contribution in [2.45, 2.75) is 13.3 Å². The van der Waals surface area contributed by atoms with Crippen molar-refractivity contribution in [3.8, 4) is 0 Å². The minimum Gasteiger partial charge on any atom is -0.476 e. The monoisotopic (exact) mass is 240 g/mol. The van der Waals surface area contributed by atoms with E-state index in [2.05, 4.69) is 4.98 Å². The fourth-order valence-electron chi connectivity index (χ4n) is 1.52. The maximum Gasteiger partial charge on any atom is 0.359 e. The van der Waals surface area contributed by atoms with Crippen LogP contribution in [0.3, 0.4) is 0 Å². The van der Waals surface area contributed by atoms with Gasteiger partial charge in [0, 0.05) is 4.88 Å². The van der Waals surface area contributed by atoms with E-state index >= 15 is 0 Å². The summed E-state index contributed by atoms with van der Waals surface area (Å²) in [5, 5.41) is 19.7. The van der Waals surface area contributed by atoms with E-state index in [0.29, 0.717) is 10.2 Å². The van der Waals surface area contributed by atoms with Gasteiger partial charge in [0.2, 0.25) is 5.69 Å². The fourth-order valence-corrected chi connectivity index (χ4v) is 2.60. The zero-order chi connectivity index (χ0) is 11.9. The molecule has 0 unspecified atom stereocenters. The first-order valence-electron chi connectivity index (χ1n) is 4.56. The van der Waals surface area contributed by atoms with Crippen molar-refractivity contribution in [1.29, 1.82) is 0 Å². The van der Waals surface area contributed by atoms with Crippen molar-refractivity contribution in [3.63, 3.8) is 0 Å². The SMILES string of the molecule is CCc1cc2[nH]c(C(=O)O)c([N+](=O)[O-])c2s1. The number of nitro groups is 1. The third-order valence-electron chi connectivity index (χ3n) is 2.24. The summed E-state index contributed by atoms with van der Waals surface area (Å²) < 4.78 is 0.402. The Morgan fingerprint density at radius 1 is 1.69 bits per heavy atom. The minimum atomic E-state index is -1.31. The number of carbonyl (C=O) groups is 1. The van der Waals surface area contributed by atoms with E-state index in [0.717, 1.165) is 11.3 Å². The van der Waals surface area contributed by atoms with Gasteiger partial charge in [-0.05, 0) is 12.5 Å². The Morgan fingerprint density at radius 2 is 2.38 bits per heavy atom. The summed E-state index contributed by atoms with van der Waals surface area (Å²) >= 11 is 1.25. The molecule has 2 rings (SSSR count). The molecule has 2 N–H and O–H groups in total. The van der Waals surface area contributed by atoms with Gasteiger partial charge in [-0.1, -0.05) is 6.92 Å². The van der Waals surface area contributed by atoms with E-state index in [1.807, 2.05) is 6.92 Å². The average molecular weight is 240 g/mol. The summed E-state index contributed by atoms with van der Waals surface area (Å²) in [4.78, 5) is 24.5. The van der Waals surface area contributed by atoms with Crippen LogP contribution in [0.4, 0.5) is 5.69 Å². The van der Waals surface area contributed by atoms with Crippen LogP contribution in [0.2, 0.25) is 0 Å². The van der Waals surface area contributed by atoms with Crippen molar-refractivity contribution >= 4 is 33.2 Å². The lowest BCUT2D eigenvalue weighted by molar-refractivity contribution is -0.383. The molecule has 0 spiro atoms. The molecule has 6 nitrogen and oxygen atoms in total. The number of fused-ring (bicyclic) bond motifs is 1. The van der Waals surface area contributed by atoms with Crippen LogP contribution >= 0.6 is 11.3 Å². The van der Waals surface area contributed by atoms with E-state index in [9.17, 15) is 14.9 Å². The van der Waals surface area contributed by atoms with Crippen LogP contribution < -0.4 is 0 Å². The maximum absolute atomic E-state index is 10.8. The first kappa shape index (κ1) is 10.6. The van der Waals surface area contributed by atoms with Gasteiger partial charge in [-0.2, -0.15) is 0 Å². The van der Waals surface area contributed by atoms with Gasteiger partial charge < -0.3 is 10.1 Å². The van der Waals surface area contributed by atoms with E-state index in [1.54, 1.807) is 6.07 Å². The Morgan fingerprint density at radius 3 is 2.88 bits per heavy atom. The molecule has 0 atom stereocenters. The predicted octanol–water partition coefficient (Wildman–Crippen LogP) is 2.40. The molecule has 0 aliphatic heterocycles. The summed E-state index contributed by atoms with van der Waals surface area (Å²) in [5.41, 5.74) is -0.174. The lowest BCUT2D eigenvalue weighted by atomic mass is 10.3.